The molecule has 32 heavy (non-hydrogen) atoms. The smallest absolute Gasteiger partial charge is 0.366 e. The highest BCUT2D eigenvalue weighted by Gasteiger charge is 2.31. The van der Waals surface area contributed by atoms with Crippen LogP contribution < -0.4 is 5.73 Å². The van der Waals surface area contributed by atoms with Gasteiger partial charge >= 0.3 is 6.18 Å². The Morgan fingerprint density at radius 1 is 1.09 bits per heavy atom. The van der Waals surface area contributed by atoms with Gasteiger partial charge in [0, 0.05) is 46.9 Å². The summed E-state index contributed by atoms with van der Waals surface area (Å²) in [5, 5.41) is 0.780. The van der Waals surface area contributed by atoms with Crippen LogP contribution >= 0.6 is 0 Å². The van der Waals surface area contributed by atoms with E-state index in [2.05, 4.69) is 15.0 Å². The molecule has 4 aromatic rings. The predicted molar refractivity (Wildman–Crippen MR) is 117 cm³/mol. The van der Waals surface area contributed by atoms with Crippen LogP contribution in [0.5, 0.6) is 0 Å². The van der Waals surface area contributed by atoms with E-state index in [0.29, 0.717) is 16.8 Å². The molecule has 4 rings (SSSR count). The zero-order valence-electron chi connectivity index (χ0n) is 17.1. The van der Waals surface area contributed by atoms with Crippen LogP contribution in [0.2, 0.25) is 0 Å². The summed E-state index contributed by atoms with van der Waals surface area (Å²) in [6.45, 7) is 2.01. The molecular weight excluding hydrogens is 417 g/mol. The van der Waals surface area contributed by atoms with Gasteiger partial charge in [0.05, 0.1) is 5.56 Å². The van der Waals surface area contributed by atoms with Crippen molar-refractivity contribution in [3.63, 3.8) is 0 Å². The zero-order chi connectivity index (χ0) is 22.9. The first-order valence-corrected chi connectivity index (χ1v) is 9.87. The van der Waals surface area contributed by atoms with Crippen molar-refractivity contribution in [2.24, 2.45) is 5.73 Å². The van der Waals surface area contributed by atoms with E-state index in [1.54, 1.807) is 18.3 Å². The predicted octanol–water partition coefficient (Wildman–Crippen LogP) is 5.37. The summed E-state index contributed by atoms with van der Waals surface area (Å²) < 4.78 is 40.4. The minimum atomic E-state index is -4.55. The molecule has 0 atom stereocenters. The summed E-state index contributed by atoms with van der Waals surface area (Å²) in [4.78, 5) is 22.9. The van der Waals surface area contributed by atoms with Gasteiger partial charge in [0.1, 0.15) is 5.65 Å². The first kappa shape index (κ1) is 21.3. The Bertz CT molecular complexity index is 1340. The van der Waals surface area contributed by atoms with Crippen LogP contribution in [0.1, 0.15) is 23.7 Å². The van der Waals surface area contributed by atoms with E-state index < -0.39 is 17.6 Å². The second kappa shape index (κ2) is 8.30. The van der Waals surface area contributed by atoms with E-state index in [9.17, 15) is 18.0 Å². The van der Waals surface area contributed by atoms with Gasteiger partial charge in [-0.05, 0) is 65.6 Å². The fourth-order valence-corrected chi connectivity index (χ4v) is 3.50. The van der Waals surface area contributed by atoms with Crippen LogP contribution in [0.4, 0.5) is 13.2 Å². The van der Waals surface area contributed by atoms with E-state index >= 15 is 0 Å². The van der Waals surface area contributed by atoms with Crippen LogP contribution in [-0.2, 0) is 17.4 Å². The quantitative estimate of drug-likeness (QED) is 0.413. The second-order valence-corrected chi connectivity index (χ2v) is 7.29. The molecule has 5 nitrogen and oxygen atoms in total. The molecule has 3 N–H and O–H groups in total. The number of carbonyl (C=O) groups is 1. The minimum absolute atomic E-state index is 0.213. The Labute approximate surface area is 181 Å². The van der Waals surface area contributed by atoms with Crippen molar-refractivity contribution in [1.29, 1.82) is 0 Å². The fraction of sp³-hybridized carbons (Fsp3) is 0.125. The number of hydrogen-bond donors (Lipinski definition) is 2. The van der Waals surface area contributed by atoms with E-state index in [4.69, 9.17) is 5.73 Å². The van der Waals surface area contributed by atoms with Gasteiger partial charge in [-0.25, -0.2) is 4.98 Å². The summed E-state index contributed by atoms with van der Waals surface area (Å²) in [5.74, 6) is -0.743. The number of aromatic nitrogens is 3. The van der Waals surface area contributed by atoms with Crippen LogP contribution in [0.15, 0.2) is 61.1 Å². The van der Waals surface area contributed by atoms with Crippen molar-refractivity contribution < 1.29 is 18.0 Å². The zero-order valence-corrected chi connectivity index (χ0v) is 17.1. The molecule has 0 unspecified atom stereocenters. The normalized spacial score (nSPS) is 12.0. The first-order chi connectivity index (χ1) is 15.2. The lowest BCUT2D eigenvalue weighted by Gasteiger charge is -2.11. The third-order valence-corrected chi connectivity index (χ3v) is 5.08. The number of nitrogens with one attached hydrogen (secondary N) is 1. The van der Waals surface area contributed by atoms with E-state index in [-0.39, 0.29) is 5.56 Å². The largest absolute Gasteiger partial charge is 0.416 e. The summed E-state index contributed by atoms with van der Waals surface area (Å²) in [7, 11) is 0. The molecule has 0 saturated carbocycles. The van der Waals surface area contributed by atoms with Crippen LogP contribution in [-0.4, -0.2) is 20.9 Å². The third-order valence-electron chi connectivity index (χ3n) is 5.08. The van der Waals surface area contributed by atoms with Crippen LogP contribution in [0, 0.1) is 0 Å². The van der Waals surface area contributed by atoms with Gasteiger partial charge in [0.15, 0.2) is 0 Å². The summed E-state index contributed by atoms with van der Waals surface area (Å²) in [5.41, 5.74) is 8.71. The topological polar surface area (TPSA) is 84.7 Å². The lowest BCUT2D eigenvalue weighted by molar-refractivity contribution is -0.137. The molecule has 162 valence electrons. The molecule has 0 bridgehead atoms. The van der Waals surface area contributed by atoms with Crippen molar-refractivity contribution in [2.75, 3.05) is 0 Å². The summed E-state index contributed by atoms with van der Waals surface area (Å²) >= 11 is 0. The Balaban J connectivity index is 1.86. The Morgan fingerprint density at radius 3 is 2.62 bits per heavy atom. The number of nitrogens with two attached hydrogens (primary N) is 1. The summed E-state index contributed by atoms with van der Waals surface area (Å²) in [6.07, 6.45) is 3.60. The number of hydrogen-bond acceptors (Lipinski definition) is 3. The molecule has 8 heteroatoms. The number of rotatable bonds is 5. The SMILES string of the molecule is CCc1cc(-c2c[nH]c3ncc(-c4cc(/C=C/C(N)=O)cc(C(F)(F)F)c4)cc23)ccn1. The molecular formula is C24H19F3N4O. The van der Waals surface area contributed by atoms with Crippen molar-refractivity contribution >= 4 is 23.0 Å². The molecule has 0 aliphatic rings. The Morgan fingerprint density at radius 2 is 1.91 bits per heavy atom. The van der Waals surface area contributed by atoms with Crippen LogP contribution in [0.3, 0.4) is 0 Å². The molecule has 0 fully saturated rings. The molecule has 0 aliphatic heterocycles. The van der Waals surface area contributed by atoms with Crippen LogP contribution in [0.25, 0.3) is 39.4 Å². The number of nitrogens with zero attached hydrogens (tertiary/aromatic N) is 2. The Hall–Kier alpha value is -3.94. The third kappa shape index (κ3) is 4.39. The van der Waals surface area contributed by atoms with Crippen molar-refractivity contribution in [2.45, 2.75) is 19.5 Å². The number of halogens is 3. The first-order valence-electron chi connectivity index (χ1n) is 9.87. The number of carbonyl (C=O) groups excluding carboxylic acids is 1. The van der Waals surface area contributed by atoms with Crippen molar-refractivity contribution in [3.8, 4) is 22.3 Å². The van der Waals surface area contributed by atoms with Gasteiger partial charge in [-0.3, -0.25) is 9.78 Å². The summed E-state index contributed by atoms with van der Waals surface area (Å²) in [6, 6.07) is 9.26. The van der Waals surface area contributed by atoms with Gasteiger partial charge in [-0.1, -0.05) is 6.92 Å². The number of pyridine rings is 2. The maximum absolute atomic E-state index is 13.5. The number of benzene rings is 1. The molecule has 0 radical (unpaired) electrons. The average molecular weight is 436 g/mol. The molecule has 3 aromatic heterocycles. The maximum atomic E-state index is 13.5. The number of amides is 1. The number of H-pyrrole nitrogens is 1. The Kier molecular flexibility index (Phi) is 5.52. The van der Waals surface area contributed by atoms with Gasteiger partial charge in [0.2, 0.25) is 5.91 Å². The molecule has 1 amide bonds. The highest BCUT2D eigenvalue weighted by molar-refractivity contribution is 5.96. The van der Waals surface area contributed by atoms with Crippen molar-refractivity contribution in [3.05, 3.63) is 77.9 Å². The monoisotopic (exact) mass is 436 g/mol. The minimum Gasteiger partial charge on any atom is -0.366 e. The van der Waals surface area contributed by atoms with Gasteiger partial charge in [-0.15, -0.1) is 0 Å². The molecule has 0 spiro atoms. The van der Waals surface area contributed by atoms with Gasteiger partial charge in [0.25, 0.3) is 0 Å². The average Bonchev–Trinajstić information content (AvgIpc) is 3.20. The standard InChI is InChI=1S/C24H19F3N4O/c1-2-19-10-15(5-6-29-19)21-13-31-23-20(21)11-17(12-30-23)16-7-14(3-4-22(28)32)8-18(9-16)24(25,26)27/h3-13H,2H2,1H3,(H2,28,32)(H,30,31)/b4-3+. The number of aryl methyl sites for hydroxylation is 1. The highest BCUT2D eigenvalue weighted by Crippen LogP contribution is 2.36. The maximum Gasteiger partial charge on any atom is 0.416 e. The van der Waals surface area contributed by atoms with Gasteiger partial charge < -0.3 is 10.7 Å². The van der Waals surface area contributed by atoms with Crippen molar-refractivity contribution in [1.82, 2.24) is 15.0 Å². The van der Waals surface area contributed by atoms with E-state index in [0.717, 1.165) is 46.8 Å². The second-order valence-electron chi connectivity index (χ2n) is 7.29. The molecule has 0 aliphatic carbocycles. The van der Waals surface area contributed by atoms with Gasteiger partial charge in [-0.2, -0.15) is 13.2 Å². The number of primary amides is 1. The highest BCUT2D eigenvalue weighted by atomic mass is 19.4. The van der Waals surface area contributed by atoms with E-state index in [1.807, 2.05) is 25.3 Å². The lowest BCUT2D eigenvalue weighted by Crippen LogP contribution is -2.06. The number of fused-ring (bicyclic) bond motifs is 1. The molecule has 0 saturated heterocycles. The number of alkyl halides is 3. The number of aromatic amines is 1. The lowest BCUT2D eigenvalue weighted by atomic mass is 9.98. The fourth-order valence-electron chi connectivity index (χ4n) is 3.50. The van der Waals surface area contributed by atoms with E-state index in [1.165, 1.54) is 12.3 Å². The molecule has 1 aromatic carbocycles. The molecule has 3 heterocycles.